The van der Waals surface area contributed by atoms with Crippen molar-refractivity contribution in [3.8, 4) is 22.3 Å². The molecule has 0 fully saturated rings. The Morgan fingerprint density at radius 1 is 0.444 bits per heavy atom. The van der Waals surface area contributed by atoms with Gasteiger partial charge in [-0.2, -0.15) is 0 Å². The van der Waals surface area contributed by atoms with E-state index in [9.17, 15) is 0 Å². The van der Waals surface area contributed by atoms with Gasteiger partial charge in [0.2, 0.25) is 0 Å². The zero-order valence-corrected chi connectivity index (χ0v) is 35.0. The van der Waals surface area contributed by atoms with Crippen molar-refractivity contribution < 1.29 is 16.6 Å². The summed E-state index contributed by atoms with van der Waals surface area (Å²) in [7, 11) is -2.99. The summed E-state index contributed by atoms with van der Waals surface area (Å²) < 4.78 is 3.86. The molecule has 9 rings (SSSR count). The van der Waals surface area contributed by atoms with Gasteiger partial charge in [0.25, 0.3) is 0 Å². The Hall–Kier alpha value is -4.27. The molecule has 2 heteroatoms. The minimum atomic E-state index is -3.01. The van der Waals surface area contributed by atoms with Crippen LogP contribution in [0.5, 0.6) is 0 Å². The van der Waals surface area contributed by atoms with Crippen molar-refractivity contribution >= 4 is 28.8 Å². The van der Waals surface area contributed by atoms with Gasteiger partial charge in [-0.1, -0.05) is 0 Å². The van der Waals surface area contributed by atoms with Gasteiger partial charge in [0, 0.05) is 0 Å². The minimum absolute atomic E-state index is 0.517. The third-order valence-electron chi connectivity index (χ3n) is 13.4. The molecule has 54 heavy (non-hydrogen) atoms. The first kappa shape index (κ1) is 35.4. The van der Waals surface area contributed by atoms with Crippen LogP contribution in [0.3, 0.4) is 0 Å². The topological polar surface area (TPSA) is 0 Å². The Bertz CT molecular complexity index is 2200. The molecular formula is C52H52SiTi. The van der Waals surface area contributed by atoms with Gasteiger partial charge in [0.1, 0.15) is 0 Å². The molecule has 0 aromatic heterocycles. The molecular weight excluding hydrogens is 701 g/mol. The fraction of sp³-hybridized carbons (Fsp3) is 0.231. The summed E-state index contributed by atoms with van der Waals surface area (Å²) in [5.41, 5.74) is 15.4. The van der Waals surface area contributed by atoms with Crippen LogP contribution in [-0.2, 0) is 16.6 Å². The van der Waals surface area contributed by atoms with Crippen LogP contribution < -0.4 is 10.4 Å². The van der Waals surface area contributed by atoms with Crippen molar-refractivity contribution in [2.45, 2.75) is 71.3 Å². The van der Waals surface area contributed by atoms with Crippen LogP contribution in [0.15, 0.2) is 169 Å². The van der Waals surface area contributed by atoms with Gasteiger partial charge in [-0.15, -0.1) is 0 Å². The molecule has 2 unspecified atom stereocenters. The molecule has 0 saturated carbocycles. The van der Waals surface area contributed by atoms with Crippen LogP contribution in [0.4, 0.5) is 0 Å². The van der Waals surface area contributed by atoms with Crippen LogP contribution in [-0.4, -0.2) is 8.07 Å². The standard InChI is InChI=1S/C44H34Si.2C4H9.Ti/c1-31-29-35-21-15-27-39(33-17-7-3-8-18-33)41(35)43(31)45(37-23-11-5-12-24-37,38-25-13-6-14-26-38)44-32(2)30-36-22-16-28-40(42(36)44)34-19-9-4-10-20-34;2*1-3-4-2;/h3-30H,1-2H3;2*1,3-4H2,2H3;. The number of unbranched alkanes of at least 4 members (excludes halogenated alkanes) is 2. The second-order valence-corrected chi connectivity index (χ2v) is 27.0. The van der Waals surface area contributed by atoms with Gasteiger partial charge in [0.15, 0.2) is 0 Å². The number of hydrogen-bond donors (Lipinski definition) is 0. The van der Waals surface area contributed by atoms with Crippen molar-refractivity contribution in [1.82, 2.24) is 0 Å². The average molecular weight is 753 g/mol. The van der Waals surface area contributed by atoms with Gasteiger partial charge in [0.05, 0.1) is 0 Å². The van der Waals surface area contributed by atoms with Crippen LogP contribution in [0.25, 0.3) is 32.6 Å². The summed E-state index contributed by atoms with van der Waals surface area (Å²) in [5, 5.41) is 6.38. The Balaban J connectivity index is 1.53. The molecule has 2 aliphatic carbocycles. The molecule has 0 spiro atoms. The van der Waals surface area contributed by atoms with Crippen molar-refractivity contribution in [3.63, 3.8) is 0 Å². The van der Waals surface area contributed by atoms with E-state index in [1.165, 1.54) is 67.8 Å². The van der Waals surface area contributed by atoms with Crippen LogP contribution in [0.2, 0.25) is 9.45 Å². The molecule has 0 radical (unpaired) electrons. The van der Waals surface area contributed by atoms with E-state index in [-0.39, 0.29) is 0 Å². The summed E-state index contributed by atoms with van der Waals surface area (Å²) in [6, 6.07) is 61.3. The second kappa shape index (κ2) is 14.4. The third kappa shape index (κ3) is 5.19. The van der Waals surface area contributed by atoms with Gasteiger partial charge >= 0.3 is 330 Å². The van der Waals surface area contributed by atoms with E-state index in [1.54, 1.807) is 43.8 Å². The molecule has 1 heterocycles. The zero-order valence-electron chi connectivity index (χ0n) is 32.4. The Morgan fingerprint density at radius 3 is 1.19 bits per heavy atom. The molecule has 0 amide bonds. The number of rotatable bonds is 10. The van der Waals surface area contributed by atoms with Crippen molar-refractivity contribution in [3.05, 3.63) is 191 Å². The Kier molecular flexibility index (Phi) is 9.47. The SMILES string of the molecule is CCC[CH2][Ti]1([CH2]CCC)[CH]2C(C)=C(c3c(-c4ccccc4)cccc32)[Si](c2ccccc2)(c2ccccc2)C2=C(C)[CH]1c1cccc(-c3ccccc3)c12. The van der Waals surface area contributed by atoms with Gasteiger partial charge in [-0.3, -0.25) is 0 Å². The second-order valence-electron chi connectivity index (χ2n) is 16.2. The molecule has 0 nitrogen and oxygen atoms in total. The maximum atomic E-state index is 2.63. The van der Waals surface area contributed by atoms with Crippen LogP contribution in [0.1, 0.15) is 84.1 Å². The number of benzene rings is 6. The fourth-order valence-corrected chi connectivity index (χ4v) is 29.7. The molecule has 6 aromatic carbocycles. The molecule has 4 bridgehead atoms. The quantitative estimate of drug-likeness (QED) is 0.122. The monoisotopic (exact) mass is 752 g/mol. The van der Waals surface area contributed by atoms with Crippen molar-refractivity contribution in [2.75, 3.05) is 0 Å². The number of hydrogen-bond acceptors (Lipinski definition) is 0. The molecule has 1 aliphatic heterocycles. The van der Waals surface area contributed by atoms with Crippen LogP contribution in [0, 0.1) is 0 Å². The molecule has 6 aromatic rings. The van der Waals surface area contributed by atoms with Gasteiger partial charge in [-0.05, 0) is 0 Å². The summed E-state index contributed by atoms with van der Waals surface area (Å²) in [6.07, 6.45) is 5.15. The molecule has 3 aliphatic rings. The average Bonchev–Trinajstić information content (AvgIpc) is 3.72. The number of fused-ring (bicyclic) bond motifs is 8. The summed E-state index contributed by atoms with van der Waals surface area (Å²) in [4.78, 5) is 0. The first-order valence-electron chi connectivity index (χ1n) is 20.5. The van der Waals surface area contributed by atoms with Gasteiger partial charge < -0.3 is 0 Å². The predicted octanol–water partition coefficient (Wildman–Crippen LogP) is 13.3. The van der Waals surface area contributed by atoms with E-state index in [2.05, 4.69) is 185 Å². The summed E-state index contributed by atoms with van der Waals surface area (Å²) in [5.74, 6) is 0. The first-order chi connectivity index (χ1) is 26.6. The molecule has 0 N–H and O–H groups in total. The van der Waals surface area contributed by atoms with E-state index < -0.39 is 24.7 Å². The van der Waals surface area contributed by atoms with Crippen molar-refractivity contribution in [1.29, 1.82) is 0 Å². The van der Waals surface area contributed by atoms with E-state index >= 15 is 0 Å². The normalized spacial score (nSPS) is 19.0. The molecule has 268 valence electrons. The van der Waals surface area contributed by atoms with Crippen LogP contribution >= 0.6 is 0 Å². The summed E-state index contributed by atoms with van der Waals surface area (Å²) >= 11 is -3.01. The van der Waals surface area contributed by atoms with E-state index in [4.69, 9.17) is 0 Å². The molecule has 2 atom stereocenters. The molecule has 0 saturated heterocycles. The van der Waals surface area contributed by atoms with Gasteiger partial charge in [-0.25, -0.2) is 0 Å². The van der Waals surface area contributed by atoms with E-state index in [0.717, 1.165) is 0 Å². The zero-order chi connectivity index (χ0) is 36.9. The summed E-state index contributed by atoms with van der Waals surface area (Å²) in [6.45, 7) is 10.1. The van der Waals surface area contributed by atoms with E-state index in [0.29, 0.717) is 8.45 Å². The first-order valence-corrected chi connectivity index (χ1v) is 26.5. The van der Waals surface area contributed by atoms with Crippen molar-refractivity contribution in [2.24, 2.45) is 0 Å². The predicted molar refractivity (Wildman–Crippen MR) is 232 cm³/mol. The Morgan fingerprint density at radius 2 is 0.815 bits per heavy atom. The third-order valence-corrected chi connectivity index (χ3v) is 28.6. The maximum absolute atomic E-state index is 3.01. The van der Waals surface area contributed by atoms with E-state index in [1.807, 2.05) is 0 Å². The fourth-order valence-electron chi connectivity index (χ4n) is 11.6. The Labute approximate surface area is 328 Å². The number of allylic oxidation sites excluding steroid dienone is 2.